The number of hydrogen-bond acceptors (Lipinski definition) is 4. The van der Waals surface area contributed by atoms with E-state index < -0.39 is 0 Å². The molecule has 0 aliphatic carbocycles. The summed E-state index contributed by atoms with van der Waals surface area (Å²) < 4.78 is 4.71. The SMILES string of the molecule is C[C@@H]1c2ccsc2CC[NH+]1Cn1nc(-c2ccncc2)n(C)c1=S. The number of rotatable bonds is 3. The van der Waals surface area contributed by atoms with E-state index in [9.17, 15) is 0 Å². The van der Waals surface area contributed by atoms with Crippen molar-refractivity contribution in [3.63, 3.8) is 0 Å². The minimum Gasteiger partial charge on any atom is -0.310 e. The summed E-state index contributed by atoms with van der Waals surface area (Å²) in [6.07, 6.45) is 4.71. The molecule has 4 rings (SSSR count). The van der Waals surface area contributed by atoms with Gasteiger partial charge < -0.3 is 9.47 Å². The second kappa shape index (κ2) is 6.23. The van der Waals surface area contributed by atoms with E-state index in [1.807, 2.05) is 39.8 Å². The van der Waals surface area contributed by atoms with Crippen molar-refractivity contribution in [2.45, 2.75) is 26.1 Å². The molecule has 1 aliphatic rings. The topological polar surface area (TPSA) is 40.1 Å². The average molecular weight is 359 g/mol. The van der Waals surface area contributed by atoms with Gasteiger partial charge in [-0.25, -0.2) is 0 Å². The van der Waals surface area contributed by atoms with Gasteiger partial charge in [-0.2, -0.15) is 4.68 Å². The molecule has 3 aromatic heterocycles. The van der Waals surface area contributed by atoms with Gasteiger partial charge in [0, 0.05) is 41.9 Å². The van der Waals surface area contributed by atoms with Gasteiger partial charge in [-0.3, -0.25) is 4.98 Å². The quantitative estimate of drug-likeness (QED) is 0.730. The number of nitrogens with zero attached hydrogens (tertiary/aromatic N) is 4. The first-order chi connectivity index (χ1) is 11.6. The van der Waals surface area contributed by atoms with Gasteiger partial charge in [-0.15, -0.1) is 16.4 Å². The molecule has 0 radical (unpaired) electrons. The number of aromatic nitrogens is 4. The second-order valence-electron chi connectivity index (χ2n) is 6.24. The minimum absolute atomic E-state index is 0.480. The van der Waals surface area contributed by atoms with Crippen molar-refractivity contribution in [3.05, 3.63) is 51.2 Å². The van der Waals surface area contributed by atoms with E-state index in [1.165, 1.54) is 15.3 Å². The summed E-state index contributed by atoms with van der Waals surface area (Å²) in [6.45, 7) is 4.22. The normalized spacial score (nSPS) is 20.1. The second-order valence-corrected chi connectivity index (χ2v) is 7.60. The first kappa shape index (κ1) is 15.7. The zero-order valence-corrected chi connectivity index (χ0v) is 15.4. The van der Waals surface area contributed by atoms with Gasteiger partial charge in [0.25, 0.3) is 0 Å². The minimum atomic E-state index is 0.480. The average Bonchev–Trinajstić information content (AvgIpc) is 3.19. The van der Waals surface area contributed by atoms with Crippen molar-refractivity contribution >= 4 is 23.6 Å². The fraction of sp³-hybridized carbons (Fsp3) is 0.353. The molecule has 4 heterocycles. The predicted molar refractivity (Wildman–Crippen MR) is 97.5 cm³/mol. The number of hydrogen-bond donors (Lipinski definition) is 1. The van der Waals surface area contributed by atoms with Gasteiger partial charge in [-0.1, -0.05) is 0 Å². The molecule has 0 fully saturated rings. The number of quaternary nitrogens is 1. The Hall–Kier alpha value is -1.83. The fourth-order valence-corrected chi connectivity index (χ4v) is 4.57. The van der Waals surface area contributed by atoms with E-state index in [1.54, 1.807) is 12.4 Å². The van der Waals surface area contributed by atoms with E-state index in [0.29, 0.717) is 6.04 Å². The Morgan fingerprint density at radius 2 is 2.12 bits per heavy atom. The molecule has 5 nitrogen and oxygen atoms in total. The van der Waals surface area contributed by atoms with Crippen LogP contribution in [0, 0.1) is 4.77 Å². The molecule has 0 aromatic carbocycles. The summed E-state index contributed by atoms with van der Waals surface area (Å²) in [5.74, 6) is 0.891. The van der Waals surface area contributed by atoms with Crippen molar-refractivity contribution in [3.8, 4) is 11.4 Å². The first-order valence-corrected chi connectivity index (χ1v) is 9.39. The Balaban J connectivity index is 1.63. The molecular weight excluding hydrogens is 338 g/mol. The molecule has 2 atom stereocenters. The van der Waals surface area contributed by atoms with Gasteiger partial charge in [-0.05, 0) is 42.7 Å². The molecular formula is C17H20N5S2+. The smallest absolute Gasteiger partial charge is 0.202 e. The molecule has 7 heteroatoms. The van der Waals surface area contributed by atoms with Crippen LogP contribution in [0.1, 0.15) is 23.4 Å². The zero-order valence-electron chi connectivity index (χ0n) is 13.8. The van der Waals surface area contributed by atoms with Crippen LogP contribution in [0.25, 0.3) is 11.4 Å². The summed E-state index contributed by atoms with van der Waals surface area (Å²) in [4.78, 5) is 7.12. The summed E-state index contributed by atoms with van der Waals surface area (Å²) in [6, 6.07) is 6.68. The van der Waals surface area contributed by atoms with Crippen LogP contribution in [0.4, 0.5) is 0 Å². The van der Waals surface area contributed by atoms with E-state index >= 15 is 0 Å². The maximum absolute atomic E-state index is 5.62. The van der Waals surface area contributed by atoms with Gasteiger partial charge in [0.2, 0.25) is 4.77 Å². The molecule has 0 amide bonds. The van der Waals surface area contributed by atoms with Crippen molar-refractivity contribution in [1.82, 2.24) is 19.3 Å². The van der Waals surface area contributed by atoms with E-state index in [-0.39, 0.29) is 0 Å². The Labute approximate surface area is 150 Å². The summed E-state index contributed by atoms with van der Waals surface area (Å²) in [5, 5.41) is 6.99. The molecule has 124 valence electrons. The molecule has 1 N–H and O–H groups in total. The Kier molecular flexibility index (Phi) is 4.07. The van der Waals surface area contributed by atoms with Crippen LogP contribution in [-0.2, 0) is 20.1 Å². The van der Waals surface area contributed by atoms with Crippen molar-refractivity contribution in [2.24, 2.45) is 7.05 Å². The maximum atomic E-state index is 5.62. The largest absolute Gasteiger partial charge is 0.310 e. The lowest BCUT2D eigenvalue weighted by molar-refractivity contribution is -0.954. The fourth-order valence-electron chi connectivity index (χ4n) is 3.40. The van der Waals surface area contributed by atoms with Crippen LogP contribution >= 0.6 is 23.6 Å². The van der Waals surface area contributed by atoms with Gasteiger partial charge in [0.05, 0.1) is 6.54 Å². The van der Waals surface area contributed by atoms with Crippen molar-refractivity contribution in [2.75, 3.05) is 6.54 Å². The van der Waals surface area contributed by atoms with Crippen LogP contribution in [0.15, 0.2) is 36.0 Å². The van der Waals surface area contributed by atoms with Crippen molar-refractivity contribution in [1.29, 1.82) is 0 Å². The predicted octanol–water partition coefficient (Wildman–Crippen LogP) is 2.23. The maximum Gasteiger partial charge on any atom is 0.202 e. The Morgan fingerprint density at radius 3 is 2.92 bits per heavy atom. The van der Waals surface area contributed by atoms with Crippen LogP contribution < -0.4 is 4.90 Å². The van der Waals surface area contributed by atoms with Gasteiger partial charge >= 0.3 is 0 Å². The van der Waals surface area contributed by atoms with Gasteiger partial charge in [0.1, 0.15) is 6.04 Å². The van der Waals surface area contributed by atoms with Crippen LogP contribution in [0.3, 0.4) is 0 Å². The molecule has 0 bridgehead atoms. The highest BCUT2D eigenvalue weighted by Crippen LogP contribution is 2.24. The number of fused-ring (bicyclic) bond motifs is 1. The Bertz CT molecular complexity index is 909. The van der Waals surface area contributed by atoms with Gasteiger partial charge in [0.15, 0.2) is 12.5 Å². The summed E-state index contributed by atoms with van der Waals surface area (Å²) >= 11 is 7.50. The third-order valence-electron chi connectivity index (χ3n) is 4.86. The monoisotopic (exact) mass is 358 g/mol. The zero-order chi connectivity index (χ0) is 16.7. The molecule has 1 aliphatic heterocycles. The Morgan fingerprint density at radius 1 is 1.33 bits per heavy atom. The first-order valence-electron chi connectivity index (χ1n) is 8.10. The molecule has 0 saturated heterocycles. The van der Waals surface area contributed by atoms with Crippen LogP contribution in [0.2, 0.25) is 0 Å². The lowest BCUT2D eigenvalue weighted by Gasteiger charge is -2.30. The highest BCUT2D eigenvalue weighted by atomic mass is 32.1. The van der Waals surface area contributed by atoms with E-state index in [2.05, 4.69) is 23.4 Å². The van der Waals surface area contributed by atoms with E-state index in [4.69, 9.17) is 17.3 Å². The summed E-state index contributed by atoms with van der Waals surface area (Å²) in [7, 11) is 1.98. The summed E-state index contributed by atoms with van der Waals surface area (Å²) in [5.41, 5.74) is 2.53. The van der Waals surface area contributed by atoms with E-state index in [0.717, 1.165) is 35.8 Å². The molecule has 1 unspecified atom stereocenters. The van der Waals surface area contributed by atoms with Crippen LogP contribution in [0.5, 0.6) is 0 Å². The third-order valence-corrected chi connectivity index (χ3v) is 6.35. The number of pyridine rings is 1. The molecule has 0 saturated carbocycles. The molecule has 3 aromatic rings. The standard InChI is InChI=1S/C17H19N5S2/c1-12-14-6-10-24-15(14)5-9-21(12)11-22-17(23)20(2)16(19-22)13-3-7-18-8-4-13/h3-4,6-8,10,12H,5,9,11H2,1-2H3/p+1/t12-/m1/s1. The lowest BCUT2D eigenvalue weighted by Crippen LogP contribution is -3.12. The molecule has 24 heavy (non-hydrogen) atoms. The lowest BCUT2D eigenvalue weighted by atomic mass is 10.0. The number of thiophene rings is 1. The molecule has 0 spiro atoms. The number of nitrogens with one attached hydrogen (secondary N) is 1. The van der Waals surface area contributed by atoms with Crippen LogP contribution in [-0.4, -0.2) is 25.9 Å². The highest BCUT2D eigenvalue weighted by Gasteiger charge is 2.29. The third kappa shape index (κ3) is 2.62. The van der Waals surface area contributed by atoms with Crippen molar-refractivity contribution < 1.29 is 4.90 Å². The highest BCUT2D eigenvalue weighted by molar-refractivity contribution is 7.71.